The van der Waals surface area contributed by atoms with E-state index >= 15 is 0 Å². The van der Waals surface area contributed by atoms with E-state index < -0.39 is 0 Å². The first-order chi connectivity index (χ1) is 12.3. The lowest BCUT2D eigenvalue weighted by molar-refractivity contribution is 0.0792. The van der Waals surface area contributed by atoms with Crippen LogP contribution in [0.3, 0.4) is 0 Å². The molecule has 25 heavy (non-hydrogen) atoms. The lowest BCUT2D eigenvalue weighted by Crippen LogP contribution is -2.35. The van der Waals surface area contributed by atoms with Crippen molar-refractivity contribution in [2.45, 2.75) is 51.4 Å². The predicted octanol–water partition coefficient (Wildman–Crippen LogP) is 3.71. The molecule has 1 aliphatic heterocycles. The molecule has 2 aromatic carbocycles. The molecule has 1 heterocycles. The minimum Gasteiger partial charge on any atom is -0.489 e. The Hall–Kier alpha value is -1.84. The van der Waals surface area contributed by atoms with Crippen LogP contribution in [-0.4, -0.2) is 29.2 Å². The van der Waals surface area contributed by atoms with Crippen molar-refractivity contribution in [3.05, 3.63) is 64.7 Å². The van der Waals surface area contributed by atoms with Crippen molar-refractivity contribution in [2.24, 2.45) is 0 Å². The van der Waals surface area contributed by atoms with Gasteiger partial charge in [-0.3, -0.25) is 4.90 Å². The van der Waals surface area contributed by atoms with Crippen molar-refractivity contribution in [1.82, 2.24) is 4.90 Å². The lowest BCUT2D eigenvalue weighted by Gasteiger charge is -2.29. The SMILES string of the molecule is OC1CCN(Cc2cccc(COc3ccc4c(c3)CCC4)c2)CC1. The molecule has 1 N–H and O–H groups in total. The Morgan fingerprint density at radius 1 is 0.960 bits per heavy atom. The minimum atomic E-state index is -0.108. The number of nitrogens with zero attached hydrogens (tertiary/aromatic N) is 1. The summed E-state index contributed by atoms with van der Waals surface area (Å²) >= 11 is 0. The van der Waals surface area contributed by atoms with Crippen LogP contribution in [-0.2, 0) is 26.0 Å². The predicted molar refractivity (Wildman–Crippen MR) is 99.8 cm³/mol. The van der Waals surface area contributed by atoms with Gasteiger partial charge in [0.2, 0.25) is 0 Å². The van der Waals surface area contributed by atoms with Crippen LogP contribution in [0.2, 0.25) is 0 Å². The second kappa shape index (κ2) is 7.59. The number of hydrogen-bond acceptors (Lipinski definition) is 3. The average Bonchev–Trinajstić information content (AvgIpc) is 3.10. The minimum absolute atomic E-state index is 0.108. The second-order valence-corrected chi connectivity index (χ2v) is 7.40. The van der Waals surface area contributed by atoms with Gasteiger partial charge in [-0.05, 0) is 66.5 Å². The van der Waals surface area contributed by atoms with Crippen LogP contribution in [0.25, 0.3) is 0 Å². The van der Waals surface area contributed by atoms with E-state index in [0.29, 0.717) is 6.61 Å². The molecule has 1 saturated heterocycles. The van der Waals surface area contributed by atoms with Crippen molar-refractivity contribution in [2.75, 3.05) is 13.1 Å². The standard InChI is InChI=1S/C22H27NO2/c24-21-9-11-23(12-10-21)15-17-3-1-4-18(13-17)16-25-22-8-7-19-5-2-6-20(19)14-22/h1,3-4,7-8,13-14,21,24H,2,5-6,9-12,15-16H2. The maximum Gasteiger partial charge on any atom is 0.120 e. The largest absolute Gasteiger partial charge is 0.489 e. The highest BCUT2D eigenvalue weighted by molar-refractivity contribution is 5.38. The first-order valence-electron chi connectivity index (χ1n) is 9.49. The van der Waals surface area contributed by atoms with Gasteiger partial charge in [0.15, 0.2) is 0 Å². The van der Waals surface area contributed by atoms with E-state index in [1.807, 2.05) is 0 Å². The summed E-state index contributed by atoms with van der Waals surface area (Å²) in [6.45, 7) is 3.54. The maximum atomic E-state index is 9.63. The summed E-state index contributed by atoms with van der Waals surface area (Å²) in [6, 6.07) is 15.2. The van der Waals surface area contributed by atoms with Crippen LogP contribution in [0.15, 0.2) is 42.5 Å². The van der Waals surface area contributed by atoms with Crippen LogP contribution in [0.5, 0.6) is 5.75 Å². The fourth-order valence-electron chi connectivity index (χ4n) is 3.96. The molecule has 0 aromatic heterocycles. The fraction of sp³-hybridized carbons (Fsp3) is 0.455. The third-order valence-corrected chi connectivity index (χ3v) is 5.43. The molecule has 0 amide bonds. The molecule has 1 aliphatic carbocycles. The number of aliphatic hydroxyl groups is 1. The van der Waals surface area contributed by atoms with Gasteiger partial charge < -0.3 is 9.84 Å². The number of benzene rings is 2. The molecule has 2 aromatic rings. The highest BCUT2D eigenvalue weighted by Crippen LogP contribution is 2.26. The maximum absolute atomic E-state index is 9.63. The van der Waals surface area contributed by atoms with E-state index in [9.17, 15) is 5.11 Å². The van der Waals surface area contributed by atoms with Crippen LogP contribution >= 0.6 is 0 Å². The molecule has 0 radical (unpaired) electrons. The number of aliphatic hydroxyl groups excluding tert-OH is 1. The zero-order valence-corrected chi connectivity index (χ0v) is 14.8. The van der Waals surface area contributed by atoms with Gasteiger partial charge in [-0.25, -0.2) is 0 Å². The van der Waals surface area contributed by atoms with Gasteiger partial charge >= 0.3 is 0 Å². The number of piperidine rings is 1. The number of ether oxygens (including phenoxy) is 1. The Kier molecular flexibility index (Phi) is 5.04. The Bertz CT molecular complexity index is 720. The molecule has 0 spiro atoms. The number of hydrogen-bond donors (Lipinski definition) is 1. The molecule has 1 fully saturated rings. The van der Waals surface area contributed by atoms with Crippen molar-refractivity contribution < 1.29 is 9.84 Å². The fourth-order valence-corrected chi connectivity index (χ4v) is 3.96. The molecular weight excluding hydrogens is 310 g/mol. The van der Waals surface area contributed by atoms with Crippen LogP contribution in [0.4, 0.5) is 0 Å². The highest BCUT2D eigenvalue weighted by atomic mass is 16.5. The normalized spacial score (nSPS) is 18.3. The number of aryl methyl sites for hydroxylation is 2. The molecular formula is C22H27NO2. The van der Waals surface area contributed by atoms with Gasteiger partial charge in [-0.15, -0.1) is 0 Å². The molecule has 0 atom stereocenters. The van der Waals surface area contributed by atoms with Gasteiger partial charge in [-0.2, -0.15) is 0 Å². The lowest BCUT2D eigenvalue weighted by atomic mass is 10.1. The van der Waals surface area contributed by atoms with E-state index in [4.69, 9.17) is 4.74 Å². The van der Waals surface area contributed by atoms with Crippen molar-refractivity contribution in [3.63, 3.8) is 0 Å². The molecule has 4 rings (SSSR count). The Morgan fingerprint density at radius 2 is 1.76 bits per heavy atom. The summed E-state index contributed by atoms with van der Waals surface area (Å²) in [5.74, 6) is 0.982. The summed E-state index contributed by atoms with van der Waals surface area (Å²) in [4.78, 5) is 2.42. The molecule has 0 bridgehead atoms. The van der Waals surface area contributed by atoms with Gasteiger partial charge in [0.1, 0.15) is 12.4 Å². The Labute approximate surface area is 150 Å². The molecule has 2 aliphatic rings. The van der Waals surface area contributed by atoms with Gasteiger partial charge in [0, 0.05) is 19.6 Å². The first kappa shape index (κ1) is 16.6. The van der Waals surface area contributed by atoms with Crippen molar-refractivity contribution >= 4 is 0 Å². The van der Waals surface area contributed by atoms with Crippen LogP contribution in [0.1, 0.15) is 41.5 Å². The first-order valence-corrected chi connectivity index (χ1v) is 9.49. The Morgan fingerprint density at radius 3 is 2.64 bits per heavy atom. The number of rotatable bonds is 5. The smallest absolute Gasteiger partial charge is 0.120 e. The van der Waals surface area contributed by atoms with E-state index in [2.05, 4.69) is 47.4 Å². The second-order valence-electron chi connectivity index (χ2n) is 7.40. The van der Waals surface area contributed by atoms with Crippen molar-refractivity contribution in [3.8, 4) is 5.75 Å². The zero-order valence-electron chi connectivity index (χ0n) is 14.8. The summed E-state index contributed by atoms with van der Waals surface area (Å²) in [6.07, 6.45) is 5.34. The summed E-state index contributed by atoms with van der Waals surface area (Å²) in [5.41, 5.74) is 5.49. The van der Waals surface area contributed by atoms with Gasteiger partial charge in [0.25, 0.3) is 0 Å². The third-order valence-electron chi connectivity index (χ3n) is 5.43. The molecule has 0 unspecified atom stereocenters. The van der Waals surface area contributed by atoms with E-state index in [0.717, 1.165) is 38.2 Å². The van der Waals surface area contributed by atoms with E-state index in [1.54, 1.807) is 0 Å². The van der Waals surface area contributed by atoms with Crippen LogP contribution < -0.4 is 4.74 Å². The summed E-state index contributed by atoms with van der Waals surface area (Å²) < 4.78 is 6.03. The van der Waals surface area contributed by atoms with E-state index in [1.165, 1.54) is 41.5 Å². The topological polar surface area (TPSA) is 32.7 Å². The average molecular weight is 337 g/mol. The van der Waals surface area contributed by atoms with Crippen molar-refractivity contribution in [1.29, 1.82) is 0 Å². The Balaban J connectivity index is 1.35. The van der Waals surface area contributed by atoms with Gasteiger partial charge in [-0.1, -0.05) is 30.3 Å². The quantitative estimate of drug-likeness (QED) is 0.903. The monoisotopic (exact) mass is 337 g/mol. The van der Waals surface area contributed by atoms with Crippen LogP contribution in [0, 0.1) is 0 Å². The summed E-state index contributed by atoms with van der Waals surface area (Å²) in [7, 11) is 0. The molecule has 0 saturated carbocycles. The number of fused-ring (bicyclic) bond motifs is 1. The molecule has 132 valence electrons. The molecule has 3 heteroatoms. The zero-order chi connectivity index (χ0) is 17.1. The third kappa shape index (κ3) is 4.23. The van der Waals surface area contributed by atoms with Gasteiger partial charge in [0.05, 0.1) is 6.10 Å². The number of likely N-dealkylation sites (tertiary alicyclic amines) is 1. The van der Waals surface area contributed by atoms with E-state index in [-0.39, 0.29) is 6.10 Å². The molecule has 3 nitrogen and oxygen atoms in total. The summed E-state index contributed by atoms with van der Waals surface area (Å²) in [5, 5.41) is 9.63. The highest BCUT2D eigenvalue weighted by Gasteiger charge is 2.17.